The normalized spacial score (nSPS) is 26.4. The van der Waals surface area contributed by atoms with Crippen molar-refractivity contribution in [1.29, 1.82) is 0 Å². The molecular formula is C17H24FNO. The lowest BCUT2D eigenvalue weighted by Gasteiger charge is -2.35. The standard InChI is InChI=1S/C17H24FNO/c1-13-5-6-14(9-15(13)18)16-10-19-11-17(12-20-16)7-3-2-4-8-17/h5-6,9,16,19H,2-4,7-8,10-12H2,1H3. The third-order valence-corrected chi connectivity index (χ3v) is 4.90. The molecule has 1 aliphatic carbocycles. The van der Waals surface area contributed by atoms with Crippen LogP contribution in [0.3, 0.4) is 0 Å². The molecule has 0 aromatic heterocycles. The van der Waals surface area contributed by atoms with Crippen molar-refractivity contribution in [1.82, 2.24) is 5.32 Å². The van der Waals surface area contributed by atoms with E-state index >= 15 is 0 Å². The Morgan fingerprint density at radius 3 is 2.80 bits per heavy atom. The molecule has 1 aromatic carbocycles. The van der Waals surface area contributed by atoms with Crippen LogP contribution in [-0.2, 0) is 4.74 Å². The van der Waals surface area contributed by atoms with E-state index in [2.05, 4.69) is 5.32 Å². The van der Waals surface area contributed by atoms with Crippen LogP contribution >= 0.6 is 0 Å². The molecule has 1 saturated heterocycles. The second-order valence-corrected chi connectivity index (χ2v) is 6.50. The molecule has 1 unspecified atom stereocenters. The minimum absolute atomic E-state index is 0.0219. The number of ether oxygens (including phenoxy) is 1. The lowest BCUT2D eigenvalue weighted by molar-refractivity contribution is -0.00151. The van der Waals surface area contributed by atoms with Gasteiger partial charge < -0.3 is 10.1 Å². The van der Waals surface area contributed by atoms with Gasteiger partial charge >= 0.3 is 0 Å². The summed E-state index contributed by atoms with van der Waals surface area (Å²) in [6.07, 6.45) is 6.48. The lowest BCUT2D eigenvalue weighted by atomic mass is 9.74. The van der Waals surface area contributed by atoms with Crippen molar-refractivity contribution in [3.8, 4) is 0 Å². The molecule has 110 valence electrons. The molecule has 3 rings (SSSR count). The number of aryl methyl sites for hydroxylation is 1. The molecular weight excluding hydrogens is 253 g/mol. The summed E-state index contributed by atoms with van der Waals surface area (Å²) in [4.78, 5) is 0. The molecule has 1 saturated carbocycles. The molecule has 1 aliphatic heterocycles. The lowest BCUT2D eigenvalue weighted by Crippen LogP contribution is -2.37. The van der Waals surface area contributed by atoms with E-state index in [1.807, 2.05) is 12.1 Å². The van der Waals surface area contributed by atoms with Gasteiger partial charge in [0.05, 0.1) is 12.7 Å². The van der Waals surface area contributed by atoms with Crippen LogP contribution < -0.4 is 5.32 Å². The second-order valence-electron chi connectivity index (χ2n) is 6.50. The van der Waals surface area contributed by atoms with Crippen LogP contribution in [0.2, 0.25) is 0 Å². The molecule has 3 heteroatoms. The number of benzene rings is 1. The zero-order valence-electron chi connectivity index (χ0n) is 12.3. The highest BCUT2D eigenvalue weighted by atomic mass is 19.1. The summed E-state index contributed by atoms with van der Waals surface area (Å²) < 4.78 is 19.9. The van der Waals surface area contributed by atoms with Crippen molar-refractivity contribution in [3.63, 3.8) is 0 Å². The molecule has 1 heterocycles. The maximum Gasteiger partial charge on any atom is 0.126 e. The Hall–Kier alpha value is -0.930. The van der Waals surface area contributed by atoms with Crippen molar-refractivity contribution >= 4 is 0 Å². The van der Waals surface area contributed by atoms with Gasteiger partial charge in [-0.2, -0.15) is 0 Å². The van der Waals surface area contributed by atoms with Gasteiger partial charge in [-0.3, -0.25) is 0 Å². The van der Waals surface area contributed by atoms with Crippen LogP contribution in [0.1, 0.15) is 49.3 Å². The van der Waals surface area contributed by atoms with Crippen LogP contribution in [0.15, 0.2) is 18.2 Å². The van der Waals surface area contributed by atoms with Crippen LogP contribution in [0, 0.1) is 18.2 Å². The Kier molecular flexibility index (Phi) is 4.08. The van der Waals surface area contributed by atoms with Crippen molar-refractivity contribution in [3.05, 3.63) is 35.1 Å². The van der Waals surface area contributed by atoms with Crippen LogP contribution in [0.25, 0.3) is 0 Å². The van der Waals surface area contributed by atoms with Crippen LogP contribution in [-0.4, -0.2) is 19.7 Å². The fourth-order valence-corrected chi connectivity index (χ4v) is 3.50. The van der Waals surface area contributed by atoms with Gasteiger partial charge in [0.15, 0.2) is 0 Å². The van der Waals surface area contributed by atoms with Crippen molar-refractivity contribution < 1.29 is 9.13 Å². The Morgan fingerprint density at radius 2 is 2.05 bits per heavy atom. The first-order valence-electron chi connectivity index (χ1n) is 7.77. The number of hydrogen-bond acceptors (Lipinski definition) is 2. The number of hydrogen-bond donors (Lipinski definition) is 1. The van der Waals surface area contributed by atoms with Gasteiger partial charge in [-0.1, -0.05) is 31.4 Å². The summed E-state index contributed by atoms with van der Waals surface area (Å²) in [6, 6.07) is 5.46. The first-order chi connectivity index (χ1) is 9.69. The van der Waals surface area contributed by atoms with E-state index in [0.717, 1.165) is 25.3 Å². The van der Waals surface area contributed by atoms with E-state index in [4.69, 9.17) is 4.74 Å². The average Bonchev–Trinajstić information content (AvgIpc) is 2.66. The van der Waals surface area contributed by atoms with Crippen LogP contribution in [0.4, 0.5) is 4.39 Å². The third kappa shape index (κ3) is 2.89. The number of nitrogens with one attached hydrogen (secondary N) is 1. The van der Waals surface area contributed by atoms with Gasteiger partial charge in [-0.05, 0) is 37.0 Å². The molecule has 2 aliphatic rings. The van der Waals surface area contributed by atoms with E-state index in [0.29, 0.717) is 11.0 Å². The first-order valence-corrected chi connectivity index (χ1v) is 7.77. The molecule has 1 N–H and O–H groups in total. The summed E-state index contributed by atoms with van der Waals surface area (Å²) in [7, 11) is 0. The Labute approximate surface area is 120 Å². The largest absolute Gasteiger partial charge is 0.372 e. The maximum atomic E-state index is 13.7. The van der Waals surface area contributed by atoms with Crippen molar-refractivity contribution in [2.24, 2.45) is 5.41 Å². The highest BCUT2D eigenvalue weighted by molar-refractivity contribution is 5.25. The molecule has 2 nitrogen and oxygen atoms in total. The monoisotopic (exact) mass is 277 g/mol. The van der Waals surface area contributed by atoms with E-state index in [9.17, 15) is 4.39 Å². The molecule has 1 aromatic rings. The SMILES string of the molecule is Cc1ccc(C2CNCC3(CCCCC3)CO2)cc1F. The van der Waals surface area contributed by atoms with Crippen molar-refractivity contribution in [2.75, 3.05) is 19.7 Å². The van der Waals surface area contributed by atoms with E-state index in [1.165, 1.54) is 32.1 Å². The Bertz CT molecular complexity index is 468. The Morgan fingerprint density at radius 1 is 1.25 bits per heavy atom. The molecule has 1 spiro atoms. The fourth-order valence-electron chi connectivity index (χ4n) is 3.50. The van der Waals surface area contributed by atoms with Gasteiger partial charge in [0.1, 0.15) is 5.82 Å². The second kappa shape index (κ2) is 5.82. The van der Waals surface area contributed by atoms with Gasteiger partial charge in [0, 0.05) is 18.5 Å². The van der Waals surface area contributed by atoms with E-state index in [-0.39, 0.29) is 11.9 Å². The maximum absolute atomic E-state index is 13.7. The summed E-state index contributed by atoms with van der Waals surface area (Å²) >= 11 is 0. The van der Waals surface area contributed by atoms with Gasteiger partial charge in [0.2, 0.25) is 0 Å². The highest BCUT2D eigenvalue weighted by Crippen LogP contribution is 2.38. The number of rotatable bonds is 1. The minimum Gasteiger partial charge on any atom is -0.372 e. The van der Waals surface area contributed by atoms with Gasteiger partial charge in [-0.15, -0.1) is 0 Å². The predicted octanol–water partition coefficient (Wildman–Crippen LogP) is 3.75. The summed E-state index contributed by atoms with van der Waals surface area (Å²) in [5, 5.41) is 3.54. The smallest absolute Gasteiger partial charge is 0.126 e. The number of halogens is 1. The van der Waals surface area contributed by atoms with Gasteiger partial charge in [0.25, 0.3) is 0 Å². The van der Waals surface area contributed by atoms with Crippen molar-refractivity contribution in [2.45, 2.75) is 45.1 Å². The summed E-state index contributed by atoms with van der Waals surface area (Å²) in [5.74, 6) is -0.136. The minimum atomic E-state index is -0.136. The molecule has 0 amide bonds. The molecule has 2 fully saturated rings. The molecule has 0 radical (unpaired) electrons. The molecule has 0 bridgehead atoms. The first kappa shape index (κ1) is 14.0. The van der Waals surface area contributed by atoms with E-state index < -0.39 is 0 Å². The van der Waals surface area contributed by atoms with E-state index in [1.54, 1.807) is 13.0 Å². The highest BCUT2D eigenvalue weighted by Gasteiger charge is 2.35. The molecule has 1 atom stereocenters. The summed E-state index contributed by atoms with van der Waals surface area (Å²) in [5.41, 5.74) is 1.96. The quantitative estimate of drug-likeness (QED) is 0.844. The topological polar surface area (TPSA) is 21.3 Å². The zero-order valence-corrected chi connectivity index (χ0v) is 12.3. The van der Waals surface area contributed by atoms with Gasteiger partial charge in [-0.25, -0.2) is 4.39 Å². The molecule has 20 heavy (non-hydrogen) atoms. The average molecular weight is 277 g/mol. The summed E-state index contributed by atoms with van der Waals surface area (Å²) in [6.45, 7) is 4.42. The predicted molar refractivity (Wildman–Crippen MR) is 78.2 cm³/mol. The third-order valence-electron chi connectivity index (χ3n) is 4.90. The fraction of sp³-hybridized carbons (Fsp3) is 0.647. The van der Waals surface area contributed by atoms with Crippen LogP contribution in [0.5, 0.6) is 0 Å². The Balaban J connectivity index is 1.71. The zero-order chi connectivity index (χ0) is 14.0.